The van der Waals surface area contributed by atoms with Crippen LogP contribution in [0.3, 0.4) is 0 Å². The van der Waals surface area contributed by atoms with Gasteiger partial charge in [0.25, 0.3) is 11.6 Å². The lowest BCUT2D eigenvalue weighted by atomic mass is 10.2. The van der Waals surface area contributed by atoms with Crippen molar-refractivity contribution in [1.82, 2.24) is 5.43 Å². The van der Waals surface area contributed by atoms with Crippen molar-refractivity contribution in [2.45, 2.75) is 0 Å². The van der Waals surface area contributed by atoms with Crippen molar-refractivity contribution in [3.8, 4) is 17.2 Å². The summed E-state index contributed by atoms with van der Waals surface area (Å²) in [6.07, 6.45) is 1.31. The number of nitro benzene ring substituents is 2. The highest BCUT2D eigenvalue weighted by Crippen LogP contribution is 2.34. The molecule has 0 aromatic heterocycles. The number of nitrogens with zero attached hydrogens (tertiary/aromatic N) is 3. The van der Waals surface area contributed by atoms with E-state index in [4.69, 9.17) is 4.74 Å². The first-order valence-electron chi connectivity index (χ1n) is 8.67. The zero-order valence-electron chi connectivity index (χ0n) is 15.7. The number of hydrogen-bond donors (Lipinski definition) is 2. The van der Waals surface area contributed by atoms with Crippen LogP contribution in [0.15, 0.2) is 71.8 Å². The van der Waals surface area contributed by atoms with E-state index in [1.54, 1.807) is 24.3 Å². The second-order valence-corrected chi connectivity index (χ2v) is 6.06. The Kier molecular flexibility index (Phi) is 6.16. The van der Waals surface area contributed by atoms with Gasteiger partial charge in [-0.05, 0) is 35.9 Å². The zero-order valence-corrected chi connectivity index (χ0v) is 15.7. The predicted molar refractivity (Wildman–Crippen MR) is 109 cm³/mol. The van der Waals surface area contributed by atoms with Crippen LogP contribution in [0.25, 0.3) is 0 Å². The number of para-hydroxylation sites is 1. The molecule has 3 aromatic carbocycles. The molecule has 0 heterocycles. The lowest BCUT2D eigenvalue weighted by Crippen LogP contribution is -2.17. The van der Waals surface area contributed by atoms with E-state index in [-0.39, 0.29) is 22.8 Å². The molecular formula is C20H14N4O7. The van der Waals surface area contributed by atoms with Crippen LogP contribution >= 0.6 is 0 Å². The van der Waals surface area contributed by atoms with Gasteiger partial charge in [0.05, 0.1) is 27.7 Å². The molecule has 31 heavy (non-hydrogen) atoms. The molecule has 0 saturated carbocycles. The van der Waals surface area contributed by atoms with Crippen molar-refractivity contribution in [3.63, 3.8) is 0 Å². The number of phenolic OH excluding ortho intramolecular Hbond substituents is 1. The number of ether oxygens (including phenoxy) is 1. The molecule has 0 fully saturated rings. The van der Waals surface area contributed by atoms with Crippen LogP contribution in [0.5, 0.6) is 17.2 Å². The number of amides is 1. The number of carbonyl (C=O) groups excluding carboxylic acids is 1. The van der Waals surface area contributed by atoms with Gasteiger partial charge in [0.2, 0.25) is 5.75 Å². The summed E-state index contributed by atoms with van der Waals surface area (Å²) in [5.74, 6) is -0.746. The zero-order chi connectivity index (χ0) is 22.4. The van der Waals surface area contributed by atoms with Gasteiger partial charge in [0, 0.05) is 6.07 Å². The van der Waals surface area contributed by atoms with Crippen LogP contribution in [-0.4, -0.2) is 27.1 Å². The average molecular weight is 422 g/mol. The third-order valence-corrected chi connectivity index (χ3v) is 3.96. The van der Waals surface area contributed by atoms with Gasteiger partial charge in [0.1, 0.15) is 11.5 Å². The molecular weight excluding hydrogens is 408 g/mol. The second-order valence-electron chi connectivity index (χ2n) is 6.06. The maximum Gasteiger partial charge on any atom is 0.318 e. The SMILES string of the molecule is O=C(NN=Cc1cccc(Oc2ccc([N+](=O)[O-])cc2[N+](=O)[O-])c1)c1ccccc1O. The van der Waals surface area contributed by atoms with Crippen LogP contribution in [0.2, 0.25) is 0 Å². The highest BCUT2D eigenvalue weighted by atomic mass is 16.6. The molecule has 0 spiro atoms. The minimum absolute atomic E-state index is 0.0576. The molecule has 3 rings (SSSR count). The second kappa shape index (κ2) is 9.13. The molecule has 0 aliphatic heterocycles. The highest BCUT2D eigenvalue weighted by Gasteiger charge is 2.21. The van der Waals surface area contributed by atoms with Gasteiger partial charge in [-0.25, -0.2) is 5.43 Å². The Morgan fingerprint density at radius 2 is 1.77 bits per heavy atom. The number of rotatable bonds is 7. The normalized spacial score (nSPS) is 10.6. The Labute approximate surface area is 174 Å². The molecule has 2 N–H and O–H groups in total. The van der Waals surface area contributed by atoms with Gasteiger partial charge in [-0.2, -0.15) is 5.10 Å². The molecule has 0 atom stereocenters. The fourth-order valence-electron chi connectivity index (χ4n) is 2.52. The number of benzene rings is 3. The Balaban J connectivity index is 1.74. The first-order valence-corrected chi connectivity index (χ1v) is 8.67. The van der Waals surface area contributed by atoms with E-state index in [1.165, 1.54) is 30.5 Å². The van der Waals surface area contributed by atoms with Crippen molar-refractivity contribution in [1.29, 1.82) is 0 Å². The van der Waals surface area contributed by atoms with E-state index in [1.807, 2.05) is 0 Å². The van der Waals surface area contributed by atoms with E-state index in [2.05, 4.69) is 10.5 Å². The molecule has 3 aromatic rings. The van der Waals surface area contributed by atoms with Crippen LogP contribution in [0.1, 0.15) is 15.9 Å². The number of non-ortho nitro benzene ring substituents is 1. The average Bonchev–Trinajstić information content (AvgIpc) is 2.74. The molecule has 0 aliphatic carbocycles. The van der Waals surface area contributed by atoms with Crippen molar-refractivity contribution < 1.29 is 24.5 Å². The van der Waals surface area contributed by atoms with Gasteiger partial charge in [-0.1, -0.05) is 24.3 Å². The van der Waals surface area contributed by atoms with Gasteiger partial charge in [-0.15, -0.1) is 0 Å². The Morgan fingerprint density at radius 1 is 1.00 bits per heavy atom. The summed E-state index contributed by atoms with van der Waals surface area (Å²) in [5, 5.41) is 35.5. The van der Waals surface area contributed by atoms with Gasteiger partial charge in [0.15, 0.2) is 0 Å². The third-order valence-electron chi connectivity index (χ3n) is 3.96. The molecule has 1 amide bonds. The van der Waals surface area contributed by atoms with Crippen molar-refractivity contribution in [2.24, 2.45) is 5.10 Å². The first kappa shape index (κ1) is 20.9. The summed E-state index contributed by atoms with van der Waals surface area (Å²) < 4.78 is 5.51. The van der Waals surface area contributed by atoms with E-state index in [9.17, 15) is 30.1 Å². The fourth-order valence-corrected chi connectivity index (χ4v) is 2.52. The third kappa shape index (κ3) is 5.17. The number of hydrazone groups is 1. The van der Waals surface area contributed by atoms with Gasteiger partial charge in [-0.3, -0.25) is 25.0 Å². The van der Waals surface area contributed by atoms with Crippen molar-refractivity contribution >= 4 is 23.5 Å². The quantitative estimate of drug-likeness (QED) is 0.333. The van der Waals surface area contributed by atoms with Gasteiger partial charge < -0.3 is 9.84 Å². The van der Waals surface area contributed by atoms with E-state index in [0.29, 0.717) is 5.56 Å². The summed E-state index contributed by atoms with van der Waals surface area (Å²) >= 11 is 0. The molecule has 0 radical (unpaired) electrons. The minimum atomic E-state index is -0.776. The number of hydrogen-bond acceptors (Lipinski definition) is 8. The number of carbonyl (C=O) groups is 1. The summed E-state index contributed by atoms with van der Waals surface area (Å²) in [6.45, 7) is 0. The molecule has 0 unspecified atom stereocenters. The Morgan fingerprint density at radius 3 is 2.48 bits per heavy atom. The van der Waals surface area contributed by atoms with Crippen LogP contribution in [0, 0.1) is 20.2 Å². The number of nitrogens with one attached hydrogen (secondary N) is 1. The molecule has 156 valence electrons. The maximum atomic E-state index is 12.0. The lowest BCUT2D eigenvalue weighted by Gasteiger charge is -2.07. The van der Waals surface area contributed by atoms with E-state index in [0.717, 1.165) is 18.2 Å². The summed E-state index contributed by atoms with van der Waals surface area (Å²) in [4.78, 5) is 32.6. The first-order chi connectivity index (χ1) is 14.8. The Bertz CT molecular complexity index is 1190. The minimum Gasteiger partial charge on any atom is -0.507 e. The molecule has 0 saturated heterocycles. The number of aromatic hydroxyl groups is 1. The van der Waals surface area contributed by atoms with Crippen LogP contribution in [0.4, 0.5) is 11.4 Å². The summed E-state index contributed by atoms with van der Waals surface area (Å²) in [5.41, 5.74) is 1.85. The maximum absolute atomic E-state index is 12.0. The molecule has 0 aliphatic rings. The molecule has 11 heteroatoms. The Hall–Kier alpha value is -4.80. The number of nitro groups is 2. The lowest BCUT2D eigenvalue weighted by molar-refractivity contribution is -0.394. The monoisotopic (exact) mass is 422 g/mol. The van der Waals surface area contributed by atoms with Gasteiger partial charge >= 0.3 is 5.69 Å². The summed E-state index contributed by atoms with van der Waals surface area (Å²) in [6, 6.07) is 15.3. The topological polar surface area (TPSA) is 157 Å². The predicted octanol–water partition coefficient (Wildman–Crippen LogP) is 3.76. The van der Waals surface area contributed by atoms with Crippen molar-refractivity contribution in [2.75, 3.05) is 0 Å². The molecule has 0 bridgehead atoms. The summed E-state index contributed by atoms with van der Waals surface area (Å²) in [7, 11) is 0. The van der Waals surface area contributed by atoms with Crippen molar-refractivity contribution in [3.05, 3.63) is 98.1 Å². The highest BCUT2D eigenvalue weighted by molar-refractivity contribution is 5.97. The van der Waals surface area contributed by atoms with Crippen LogP contribution in [-0.2, 0) is 0 Å². The fraction of sp³-hybridized carbons (Fsp3) is 0. The smallest absolute Gasteiger partial charge is 0.318 e. The van der Waals surface area contributed by atoms with Crippen LogP contribution < -0.4 is 10.2 Å². The largest absolute Gasteiger partial charge is 0.507 e. The standard InChI is InChI=1S/C20H14N4O7/c25-18-7-2-1-6-16(18)20(26)22-21-12-13-4-3-5-15(10-13)31-19-9-8-14(23(27)28)11-17(19)24(29)30/h1-12,25H,(H,22,26). The van der Waals surface area contributed by atoms with E-state index < -0.39 is 27.1 Å². The number of phenols is 1. The molecule has 11 nitrogen and oxygen atoms in total. The van der Waals surface area contributed by atoms with E-state index >= 15 is 0 Å².